The summed E-state index contributed by atoms with van der Waals surface area (Å²) in [6.07, 6.45) is -7.05. The molecule has 1 amide bonds. The highest BCUT2D eigenvalue weighted by Gasteiger charge is 2.53. The zero-order valence-electron chi connectivity index (χ0n) is 21.6. The number of hydrogen-bond donors (Lipinski definition) is 3. The van der Waals surface area contributed by atoms with Crippen molar-refractivity contribution >= 4 is 35.5 Å². The molecule has 0 unspecified atom stereocenters. The molecule has 0 saturated carbocycles. The molecule has 1 aliphatic rings. The van der Waals surface area contributed by atoms with Gasteiger partial charge in [-0.05, 0) is 24.6 Å². The Labute approximate surface area is 218 Å². The number of ether oxygens (including phenoxy) is 6. The van der Waals surface area contributed by atoms with E-state index in [-0.39, 0.29) is 18.0 Å². The summed E-state index contributed by atoms with van der Waals surface area (Å²) >= 11 is 0. The van der Waals surface area contributed by atoms with Gasteiger partial charge in [-0.25, -0.2) is 0 Å². The Hall–Kier alpha value is -3.75. The maximum absolute atomic E-state index is 12.2. The van der Waals surface area contributed by atoms with Gasteiger partial charge < -0.3 is 44.6 Å². The summed E-state index contributed by atoms with van der Waals surface area (Å²) in [5.41, 5.74) is 6.17. The van der Waals surface area contributed by atoms with E-state index in [4.69, 9.17) is 34.2 Å². The van der Waals surface area contributed by atoms with Gasteiger partial charge in [0.15, 0.2) is 12.2 Å². The smallest absolute Gasteiger partial charge is 0.303 e. The molecule has 2 rings (SSSR count). The molecule has 1 aliphatic heterocycles. The van der Waals surface area contributed by atoms with Crippen LogP contribution in [0.15, 0.2) is 18.2 Å². The first kappa shape index (κ1) is 30.5. The fourth-order valence-electron chi connectivity index (χ4n) is 3.52. The molecule has 1 aromatic rings. The number of hydrogen-bond acceptors (Lipinski definition) is 13. The van der Waals surface area contributed by atoms with Gasteiger partial charge >= 0.3 is 23.9 Å². The molecular formula is C24H32N2O12. The SMILES string of the molecule is CC(=O)OC[C@H]1O[C@@H](Oc2cc(CO)ccc2NC(=O)[C@H](C)N)[C@H](OC(C)=O)[C@@H](OC(C)=O)[C@@H]1OC(C)=O. The molecule has 14 heteroatoms. The molecule has 0 radical (unpaired) electrons. The molecule has 1 fully saturated rings. The fraction of sp³-hybridized carbons (Fsp3) is 0.542. The molecule has 0 bridgehead atoms. The van der Waals surface area contributed by atoms with Crippen molar-refractivity contribution in [3.63, 3.8) is 0 Å². The number of rotatable bonds is 10. The quantitative estimate of drug-likeness (QED) is 0.263. The molecule has 210 valence electrons. The van der Waals surface area contributed by atoms with Crippen LogP contribution in [-0.4, -0.2) is 78.2 Å². The molecule has 0 aromatic heterocycles. The van der Waals surface area contributed by atoms with Crippen LogP contribution < -0.4 is 15.8 Å². The third-order valence-electron chi connectivity index (χ3n) is 5.09. The lowest BCUT2D eigenvalue weighted by molar-refractivity contribution is -0.288. The Morgan fingerprint density at radius 1 is 0.947 bits per heavy atom. The summed E-state index contributed by atoms with van der Waals surface area (Å²) in [6, 6.07) is 3.50. The van der Waals surface area contributed by atoms with E-state index < -0.39 is 73.1 Å². The van der Waals surface area contributed by atoms with E-state index in [1.807, 2.05) is 0 Å². The number of aliphatic hydroxyl groups excluding tert-OH is 1. The van der Waals surface area contributed by atoms with Crippen molar-refractivity contribution in [2.75, 3.05) is 11.9 Å². The molecule has 1 saturated heterocycles. The zero-order valence-corrected chi connectivity index (χ0v) is 21.6. The lowest BCUT2D eigenvalue weighted by atomic mass is 9.98. The fourth-order valence-corrected chi connectivity index (χ4v) is 3.52. The summed E-state index contributed by atoms with van der Waals surface area (Å²) < 4.78 is 33.0. The van der Waals surface area contributed by atoms with E-state index >= 15 is 0 Å². The average molecular weight is 541 g/mol. The third-order valence-corrected chi connectivity index (χ3v) is 5.09. The van der Waals surface area contributed by atoms with Crippen molar-refractivity contribution in [3.05, 3.63) is 23.8 Å². The van der Waals surface area contributed by atoms with Crippen molar-refractivity contribution in [1.29, 1.82) is 0 Å². The normalized spacial score (nSPS) is 23.4. The van der Waals surface area contributed by atoms with Crippen molar-refractivity contribution in [2.45, 2.75) is 78.0 Å². The number of anilines is 1. The summed E-state index contributed by atoms with van der Waals surface area (Å²) in [4.78, 5) is 59.6. The predicted molar refractivity (Wildman–Crippen MR) is 127 cm³/mol. The van der Waals surface area contributed by atoms with E-state index in [1.165, 1.54) is 25.1 Å². The second-order valence-electron chi connectivity index (χ2n) is 8.45. The van der Waals surface area contributed by atoms with Crippen LogP contribution in [0.4, 0.5) is 5.69 Å². The van der Waals surface area contributed by atoms with Gasteiger partial charge in [-0.2, -0.15) is 0 Å². The van der Waals surface area contributed by atoms with Crippen molar-refractivity contribution in [2.24, 2.45) is 5.73 Å². The standard InChI is InChI=1S/C24H32N2O12/c1-11(25)23(32)26-17-7-6-16(9-27)8-18(17)37-24-22(36-15(5)31)21(35-14(4)30)20(34-13(3)29)19(38-24)10-33-12(2)28/h6-8,11,19-22,24,27H,9-10,25H2,1-5H3,(H,26,32)/t11-,19+,20+,21-,22+,24+/m0/s1. The number of carbonyl (C=O) groups is 5. The number of aliphatic hydroxyl groups is 1. The van der Waals surface area contributed by atoms with Crippen molar-refractivity contribution in [1.82, 2.24) is 0 Å². The van der Waals surface area contributed by atoms with Gasteiger partial charge in [-0.1, -0.05) is 6.07 Å². The molecular weight excluding hydrogens is 508 g/mol. The second-order valence-corrected chi connectivity index (χ2v) is 8.45. The Morgan fingerprint density at radius 3 is 2.05 bits per heavy atom. The van der Waals surface area contributed by atoms with Crippen LogP contribution in [0, 0.1) is 0 Å². The van der Waals surface area contributed by atoms with Crippen LogP contribution in [0.25, 0.3) is 0 Å². The number of amides is 1. The minimum absolute atomic E-state index is 0.0218. The predicted octanol–water partition coefficient (Wildman–Crippen LogP) is -0.0735. The van der Waals surface area contributed by atoms with Gasteiger partial charge in [0.25, 0.3) is 0 Å². The average Bonchev–Trinajstić information content (AvgIpc) is 2.81. The Bertz CT molecular complexity index is 1040. The monoisotopic (exact) mass is 540 g/mol. The minimum atomic E-state index is -1.53. The van der Waals surface area contributed by atoms with Gasteiger partial charge in [-0.15, -0.1) is 0 Å². The molecule has 6 atom stereocenters. The lowest BCUT2D eigenvalue weighted by Gasteiger charge is -2.44. The maximum atomic E-state index is 12.2. The lowest BCUT2D eigenvalue weighted by Crippen LogP contribution is -2.63. The molecule has 1 heterocycles. The number of benzene rings is 1. The molecule has 1 aromatic carbocycles. The van der Waals surface area contributed by atoms with Crippen LogP contribution in [0.2, 0.25) is 0 Å². The van der Waals surface area contributed by atoms with Crippen molar-refractivity contribution < 1.29 is 57.5 Å². The van der Waals surface area contributed by atoms with Gasteiger partial charge in [0.2, 0.25) is 18.3 Å². The topological polar surface area (TPSA) is 199 Å². The van der Waals surface area contributed by atoms with E-state index in [1.54, 1.807) is 0 Å². The van der Waals surface area contributed by atoms with Gasteiger partial charge in [0.1, 0.15) is 18.5 Å². The van der Waals surface area contributed by atoms with Gasteiger partial charge in [0.05, 0.1) is 18.3 Å². The Morgan fingerprint density at radius 2 is 1.53 bits per heavy atom. The van der Waals surface area contributed by atoms with Crippen LogP contribution in [0.5, 0.6) is 5.75 Å². The van der Waals surface area contributed by atoms with Crippen LogP contribution in [-0.2, 0) is 54.3 Å². The summed E-state index contributed by atoms with van der Waals surface area (Å²) in [5, 5.41) is 12.2. The van der Waals surface area contributed by atoms with Gasteiger partial charge in [-0.3, -0.25) is 24.0 Å². The van der Waals surface area contributed by atoms with Crippen LogP contribution >= 0.6 is 0 Å². The minimum Gasteiger partial charge on any atom is -0.463 e. The number of nitrogens with two attached hydrogens (primary N) is 1. The number of nitrogens with one attached hydrogen (secondary N) is 1. The Balaban J connectivity index is 2.57. The van der Waals surface area contributed by atoms with Crippen molar-refractivity contribution in [3.8, 4) is 5.75 Å². The van der Waals surface area contributed by atoms with Crippen LogP contribution in [0.1, 0.15) is 40.2 Å². The highest BCUT2D eigenvalue weighted by molar-refractivity contribution is 5.95. The molecule has 0 spiro atoms. The van der Waals surface area contributed by atoms with E-state index in [0.29, 0.717) is 5.56 Å². The highest BCUT2D eigenvalue weighted by Crippen LogP contribution is 2.34. The molecule has 0 aliphatic carbocycles. The van der Waals surface area contributed by atoms with Gasteiger partial charge in [0, 0.05) is 27.7 Å². The maximum Gasteiger partial charge on any atom is 0.303 e. The molecule has 4 N–H and O–H groups in total. The third kappa shape index (κ3) is 8.68. The largest absolute Gasteiger partial charge is 0.463 e. The summed E-state index contributed by atoms with van der Waals surface area (Å²) in [7, 11) is 0. The van der Waals surface area contributed by atoms with E-state index in [2.05, 4.69) is 5.32 Å². The van der Waals surface area contributed by atoms with E-state index in [9.17, 15) is 29.1 Å². The molecule has 38 heavy (non-hydrogen) atoms. The first-order valence-corrected chi connectivity index (χ1v) is 11.6. The first-order valence-electron chi connectivity index (χ1n) is 11.6. The molecule has 14 nitrogen and oxygen atoms in total. The summed E-state index contributed by atoms with van der Waals surface area (Å²) in [5.74, 6) is -3.63. The summed E-state index contributed by atoms with van der Waals surface area (Å²) in [6.45, 7) is 5.08. The van der Waals surface area contributed by atoms with E-state index in [0.717, 1.165) is 27.7 Å². The highest BCUT2D eigenvalue weighted by atomic mass is 16.7. The second kappa shape index (κ2) is 13.7. The first-order chi connectivity index (χ1) is 17.8. The number of carbonyl (C=O) groups excluding carboxylic acids is 5. The zero-order chi connectivity index (χ0) is 28.6. The Kier molecular flexibility index (Phi) is 11.0. The van der Waals surface area contributed by atoms with Crippen LogP contribution in [0.3, 0.4) is 0 Å². The number of esters is 4.